The lowest BCUT2D eigenvalue weighted by Crippen LogP contribution is -2.03. The first-order chi connectivity index (χ1) is 8.16. The van der Waals surface area contributed by atoms with E-state index in [2.05, 4.69) is 0 Å². The SMILES string of the molecule is Cc1cc(F)cc(C(O)C2C3CCCCC32)c1. The molecule has 0 heterocycles. The van der Waals surface area contributed by atoms with E-state index in [1.54, 1.807) is 0 Å². The molecule has 0 aliphatic heterocycles. The minimum atomic E-state index is -0.461. The van der Waals surface area contributed by atoms with Crippen LogP contribution >= 0.6 is 0 Å². The van der Waals surface area contributed by atoms with Crippen LogP contribution in [0.1, 0.15) is 42.9 Å². The van der Waals surface area contributed by atoms with E-state index in [0.717, 1.165) is 11.1 Å². The molecule has 0 radical (unpaired) electrons. The van der Waals surface area contributed by atoms with E-state index in [4.69, 9.17) is 0 Å². The lowest BCUT2D eigenvalue weighted by molar-refractivity contribution is 0.141. The molecule has 3 atom stereocenters. The highest BCUT2D eigenvalue weighted by Crippen LogP contribution is 2.60. The van der Waals surface area contributed by atoms with Gasteiger partial charge in [0.1, 0.15) is 5.82 Å². The van der Waals surface area contributed by atoms with Gasteiger partial charge in [0.25, 0.3) is 0 Å². The van der Waals surface area contributed by atoms with Crippen LogP contribution in [-0.4, -0.2) is 5.11 Å². The quantitative estimate of drug-likeness (QED) is 0.829. The van der Waals surface area contributed by atoms with Crippen molar-refractivity contribution in [2.75, 3.05) is 0 Å². The third-order valence-corrected chi connectivity index (χ3v) is 4.49. The van der Waals surface area contributed by atoms with Gasteiger partial charge < -0.3 is 5.11 Å². The number of benzene rings is 1. The lowest BCUT2D eigenvalue weighted by atomic mass is 10.0. The Balaban J connectivity index is 1.80. The maximum Gasteiger partial charge on any atom is 0.123 e. The Morgan fingerprint density at radius 2 is 1.82 bits per heavy atom. The van der Waals surface area contributed by atoms with E-state index in [9.17, 15) is 9.50 Å². The molecule has 2 fully saturated rings. The predicted octanol–water partition coefficient (Wildman–Crippen LogP) is 3.60. The zero-order valence-electron chi connectivity index (χ0n) is 10.2. The molecule has 0 spiro atoms. The number of aliphatic hydroxyl groups excluding tert-OH is 1. The normalized spacial score (nSPS) is 33.0. The van der Waals surface area contributed by atoms with Crippen molar-refractivity contribution in [2.45, 2.75) is 38.7 Å². The van der Waals surface area contributed by atoms with Crippen LogP contribution in [0.4, 0.5) is 4.39 Å². The van der Waals surface area contributed by atoms with Gasteiger partial charge in [-0.2, -0.15) is 0 Å². The molecule has 0 amide bonds. The van der Waals surface area contributed by atoms with Crippen LogP contribution < -0.4 is 0 Å². The summed E-state index contributed by atoms with van der Waals surface area (Å²) in [5, 5.41) is 10.4. The van der Waals surface area contributed by atoms with Gasteiger partial charge in [-0.15, -0.1) is 0 Å². The summed E-state index contributed by atoms with van der Waals surface area (Å²) in [6.07, 6.45) is 4.64. The van der Waals surface area contributed by atoms with Crippen molar-refractivity contribution in [2.24, 2.45) is 17.8 Å². The second kappa shape index (κ2) is 4.09. The Kier molecular flexibility index (Phi) is 2.70. The molecular formula is C15H19FO. The maximum absolute atomic E-state index is 13.3. The largest absolute Gasteiger partial charge is 0.388 e. The van der Waals surface area contributed by atoms with Crippen LogP contribution in [-0.2, 0) is 0 Å². The van der Waals surface area contributed by atoms with Crippen molar-refractivity contribution in [3.8, 4) is 0 Å². The van der Waals surface area contributed by atoms with Crippen molar-refractivity contribution < 1.29 is 9.50 Å². The molecule has 2 heteroatoms. The van der Waals surface area contributed by atoms with Crippen LogP contribution in [0.2, 0.25) is 0 Å². The Morgan fingerprint density at radius 1 is 1.18 bits per heavy atom. The number of aryl methyl sites for hydroxylation is 1. The highest BCUT2D eigenvalue weighted by molar-refractivity contribution is 5.27. The highest BCUT2D eigenvalue weighted by atomic mass is 19.1. The molecule has 2 saturated carbocycles. The summed E-state index contributed by atoms with van der Waals surface area (Å²) < 4.78 is 13.3. The van der Waals surface area contributed by atoms with Gasteiger partial charge >= 0.3 is 0 Å². The fraction of sp³-hybridized carbons (Fsp3) is 0.600. The van der Waals surface area contributed by atoms with Crippen LogP contribution in [0, 0.1) is 30.5 Å². The molecule has 0 aromatic heterocycles. The predicted molar refractivity (Wildman–Crippen MR) is 65.0 cm³/mol. The van der Waals surface area contributed by atoms with Crippen molar-refractivity contribution in [3.63, 3.8) is 0 Å². The van der Waals surface area contributed by atoms with Crippen molar-refractivity contribution >= 4 is 0 Å². The molecule has 1 aromatic carbocycles. The molecule has 0 bridgehead atoms. The average molecular weight is 234 g/mol. The minimum absolute atomic E-state index is 0.234. The van der Waals surface area contributed by atoms with Crippen LogP contribution in [0.15, 0.2) is 18.2 Å². The van der Waals surface area contributed by atoms with Gasteiger partial charge in [0.2, 0.25) is 0 Å². The topological polar surface area (TPSA) is 20.2 Å². The van der Waals surface area contributed by atoms with Crippen LogP contribution in [0.5, 0.6) is 0 Å². The minimum Gasteiger partial charge on any atom is -0.388 e. The smallest absolute Gasteiger partial charge is 0.123 e. The molecular weight excluding hydrogens is 215 g/mol. The number of hydrogen-bond donors (Lipinski definition) is 1. The zero-order valence-corrected chi connectivity index (χ0v) is 10.2. The molecule has 1 nitrogen and oxygen atoms in total. The summed E-state index contributed by atoms with van der Waals surface area (Å²) in [4.78, 5) is 0. The Bertz CT molecular complexity index is 397. The number of fused-ring (bicyclic) bond motifs is 1. The Hall–Kier alpha value is -0.890. The molecule has 1 N–H and O–H groups in total. The standard InChI is InChI=1S/C15H19FO/c1-9-6-10(8-11(16)7-9)15(17)14-12-4-2-3-5-13(12)14/h6-8,12-15,17H,2-5H2,1H3. The van der Waals surface area contributed by atoms with Gasteiger partial charge in [-0.1, -0.05) is 18.9 Å². The number of hydrogen-bond acceptors (Lipinski definition) is 1. The van der Waals surface area contributed by atoms with Crippen LogP contribution in [0.3, 0.4) is 0 Å². The summed E-state index contributed by atoms with van der Waals surface area (Å²) in [6.45, 7) is 1.87. The second-order valence-corrected chi connectivity index (χ2v) is 5.70. The number of rotatable bonds is 2. The number of halogens is 1. The van der Waals surface area contributed by atoms with E-state index >= 15 is 0 Å². The van der Waals surface area contributed by atoms with Crippen LogP contribution in [0.25, 0.3) is 0 Å². The fourth-order valence-electron chi connectivity index (χ4n) is 3.67. The van der Waals surface area contributed by atoms with Gasteiger partial charge in [0, 0.05) is 0 Å². The summed E-state index contributed by atoms with van der Waals surface area (Å²) in [5.41, 5.74) is 1.66. The summed E-state index contributed by atoms with van der Waals surface area (Å²) >= 11 is 0. The van der Waals surface area contributed by atoms with Gasteiger partial charge in [-0.25, -0.2) is 4.39 Å². The van der Waals surface area contributed by atoms with E-state index in [1.165, 1.54) is 37.8 Å². The van der Waals surface area contributed by atoms with Gasteiger partial charge in [-0.05, 0) is 60.8 Å². The van der Waals surface area contributed by atoms with Crippen molar-refractivity contribution in [3.05, 3.63) is 35.1 Å². The van der Waals surface area contributed by atoms with Gasteiger partial charge in [-0.3, -0.25) is 0 Å². The van der Waals surface area contributed by atoms with Gasteiger partial charge in [0.05, 0.1) is 6.10 Å². The summed E-state index contributed by atoms with van der Waals surface area (Å²) in [5.74, 6) is 1.55. The molecule has 2 aliphatic rings. The Labute approximate surface area is 102 Å². The van der Waals surface area contributed by atoms with E-state index in [-0.39, 0.29) is 5.82 Å². The fourth-order valence-corrected chi connectivity index (χ4v) is 3.67. The summed E-state index contributed by atoms with van der Waals surface area (Å²) in [6, 6.07) is 4.91. The molecule has 92 valence electrons. The monoisotopic (exact) mass is 234 g/mol. The lowest BCUT2D eigenvalue weighted by Gasteiger charge is -2.12. The molecule has 3 unspecified atom stereocenters. The second-order valence-electron chi connectivity index (χ2n) is 5.70. The van der Waals surface area contributed by atoms with E-state index in [1.807, 2.05) is 13.0 Å². The zero-order chi connectivity index (χ0) is 12.0. The third kappa shape index (κ3) is 1.99. The molecule has 1 aromatic rings. The molecule has 0 saturated heterocycles. The van der Waals surface area contributed by atoms with E-state index < -0.39 is 6.10 Å². The van der Waals surface area contributed by atoms with Crippen molar-refractivity contribution in [1.82, 2.24) is 0 Å². The first kappa shape index (κ1) is 11.2. The third-order valence-electron chi connectivity index (χ3n) is 4.49. The maximum atomic E-state index is 13.3. The average Bonchev–Trinajstić information content (AvgIpc) is 3.00. The highest BCUT2D eigenvalue weighted by Gasteiger charge is 2.54. The van der Waals surface area contributed by atoms with Crippen molar-refractivity contribution in [1.29, 1.82) is 0 Å². The first-order valence-corrected chi connectivity index (χ1v) is 6.62. The molecule has 3 rings (SSSR count). The summed E-state index contributed by atoms with van der Waals surface area (Å²) in [7, 11) is 0. The van der Waals surface area contributed by atoms with E-state index in [0.29, 0.717) is 17.8 Å². The molecule has 17 heavy (non-hydrogen) atoms. The Morgan fingerprint density at radius 3 is 2.41 bits per heavy atom. The first-order valence-electron chi connectivity index (χ1n) is 6.62. The van der Waals surface area contributed by atoms with Gasteiger partial charge in [0.15, 0.2) is 0 Å². The number of aliphatic hydroxyl groups is 1. The molecule has 2 aliphatic carbocycles.